The van der Waals surface area contributed by atoms with Gasteiger partial charge in [0.25, 0.3) is 0 Å². The quantitative estimate of drug-likeness (QED) is 0.654. The highest BCUT2D eigenvalue weighted by molar-refractivity contribution is 6.18. The van der Waals surface area contributed by atoms with E-state index in [1.165, 1.54) is 0 Å². The van der Waals surface area contributed by atoms with Crippen LogP contribution in [0.25, 0.3) is 0 Å². The van der Waals surface area contributed by atoms with Gasteiger partial charge in [0.15, 0.2) is 5.78 Å². The molecule has 0 saturated carbocycles. The van der Waals surface area contributed by atoms with Gasteiger partial charge in [-0.05, 0) is 29.5 Å². The van der Waals surface area contributed by atoms with Crippen molar-refractivity contribution in [2.24, 2.45) is 0 Å². The molecule has 0 aliphatic carbocycles. The summed E-state index contributed by atoms with van der Waals surface area (Å²) in [5, 5.41) is 9.72. The Balaban J connectivity index is 3.02. The maximum atomic E-state index is 11.9. The van der Waals surface area contributed by atoms with Gasteiger partial charge in [0, 0.05) is 12.3 Å². The van der Waals surface area contributed by atoms with Gasteiger partial charge >= 0.3 is 0 Å². The highest BCUT2D eigenvalue weighted by atomic mass is 35.5. The van der Waals surface area contributed by atoms with Crippen LogP contribution in [-0.2, 0) is 5.41 Å². The molecule has 0 amide bonds. The molecule has 0 atom stereocenters. The number of aromatic hydroxyl groups is 1. The van der Waals surface area contributed by atoms with E-state index in [0.29, 0.717) is 24.3 Å². The first-order valence-corrected chi connectivity index (χ1v) is 6.32. The molecule has 1 aromatic carbocycles. The van der Waals surface area contributed by atoms with Gasteiger partial charge in [0.2, 0.25) is 0 Å². The number of carbonyl (C=O) groups excluding carboxylic acids is 1. The van der Waals surface area contributed by atoms with E-state index in [2.05, 4.69) is 20.8 Å². The van der Waals surface area contributed by atoms with Crippen LogP contribution < -0.4 is 0 Å². The van der Waals surface area contributed by atoms with Crippen molar-refractivity contribution in [1.82, 2.24) is 0 Å². The molecular formula is C14H19ClO2. The second-order valence-corrected chi connectivity index (χ2v) is 5.58. The van der Waals surface area contributed by atoms with E-state index in [9.17, 15) is 9.90 Å². The van der Waals surface area contributed by atoms with E-state index < -0.39 is 0 Å². The van der Waals surface area contributed by atoms with Crippen LogP contribution in [0.3, 0.4) is 0 Å². The van der Waals surface area contributed by atoms with E-state index in [-0.39, 0.29) is 16.9 Å². The lowest BCUT2D eigenvalue weighted by atomic mass is 9.85. The Morgan fingerprint density at radius 3 is 2.53 bits per heavy atom. The molecule has 0 aromatic heterocycles. The van der Waals surface area contributed by atoms with E-state index in [1.54, 1.807) is 12.1 Å². The minimum absolute atomic E-state index is 0.0325. The predicted octanol–water partition coefficient (Wildman–Crippen LogP) is 3.89. The molecule has 0 aliphatic rings. The first kappa shape index (κ1) is 14.0. The number of benzene rings is 1. The number of halogens is 1. The Kier molecular flexibility index (Phi) is 4.58. The molecule has 1 N–H and O–H groups in total. The van der Waals surface area contributed by atoms with Crippen molar-refractivity contribution in [1.29, 1.82) is 0 Å². The van der Waals surface area contributed by atoms with Gasteiger partial charge in [0.05, 0.1) is 5.56 Å². The standard InChI is InChI=1S/C14H19ClO2/c1-14(2,3)10-6-7-13(17)11(9-10)12(16)5-4-8-15/h6-7,9,17H,4-5,8H2,1-3H3. The fraction of sp³-hybridized carbons (Fsp3) is 0.500. The fourth-order valence-electron chi connectivity index (χ4n) is 1.59. The van der Waals surface area contributed by atoms with Crippen molar-refractivity contribution in [2.45, 2.75) is 39.0 Å². The summed E-state index contributed by atoms with van der Waals surface area (Å²) in [5.74, 6) is 0.470. The first-order chi connectivity index (χ1) is 7.86. The zero-order chi connectivity index (χ0) is 13.1. The van der Waals surface area contributed by atoms with Crippen molar-refractivity contribution >= 4 is 17.4 Å². The van der Waals surface area contributed by atoms with Crippen LogP contribution in [0.4, 0.5) is 0 Å². The molecule has 0 saturated heterocycles. The minimum Gasteiger partial charge on any atom is -0.507 e. The Hall–Kier alpha value is -1.02. The average Bonchev–Trinajstić information content (AvgIpc) is 2.24. The zero-order valence-electron chi connectivity index (χ0n) is 10.6. The lowest BCUT2D eigenvalue weighted by Gasteiger charge is -2.20. The van der Waals surface area contributed by atoms with Gasteiger partial charge in [-0.15, -0.1) is 11.6 Å². The molecule has 94 valence electrons. The van der Waals surface area contributed by atoms with Crippen molar-refractivity contribution < 1.29 is 9.90 Å². The topological polar surface area (TPSA) is 37.3 Å². The first-order valence-electron chi connectivity index (χ1n) is 5.79. The third-order valence-corrected chi connectivity index (χ3v) is 2.97. The molecule has 3 heteroatoms. The Labute approximate surface area is 108 Å². The number of Topliss-reactive ketones (excluding diaryl/α,β-unsaturated/α-hetero) is 1. The lowest BCUT2D eigenvalue weighted by Crippen LogP contribution is -2.12. The summed E-state index contributed by atoms with van der Waals surface area (Å²) >= 11 is 5.56. The van der Waals surface area contributed by atoms with Crippen LogP contribution >= 0.6 is 11.6 Å². The SMILES string of the molecule is CC(C)(C)c1ccc(O)c(C(=O)CCCCl)c1. The van der Waals surface area contributed by atoms with Crippen molar-refractivity contribution in [3.63, 3.8) is 0 Å². The molecule has 0 spiro atoms. The number of hydrogen-bond acceptors (Lipinski definition) is 2. The Morgan fingerprint density at radius 2 is 2.00 bits per heavy atom. The normalized spacial score (nSPS) is 11.5. The van der Waals surface area contributed by atoms with Gasteiger partial charge in [-0.1, -0.05) is 26.8 Å². The van der Waals surface area contributed by atoms with Gasteiger partial charge in [-0.2, -0.15) is 0 Å². The second kappa shape index (κ2) is 5.54. The average molecular weight is 255 g/mol. The van der Waals surface area contributed by atoms with Crippen LogP contribution in [0.15, 0.2) is 18.2 Å². The Bertz CT molecular complexity index is 405. The van der Waals surface area contributed by atoms with Gasteiger partial charge in [-0.25, -0.2) is 0 Å². The summed E-state index contributed by atoms with van der Waals surface area (Å²) in [6.45, 7) is 6.23. The number of alkyl halides is 1. The smallest absolute Gasteiger partial charge is 0.166 e. The van der Waals surface area contributed by atoms with Crippen molar-refractivity contribution in [2.75, 3.05) is 5.88 Å². The summed E-state index contributed by atoms with van der Waals surface area (Å²) < 4.78 is 0. The molecule has 0 unspecified atom stereocenters. The molecule has 17 heavy (non-hydrogen) atoms. The summed E-state index contributed by atoms with van der Waals surface area (Å²) in [7, 11) is 0. The Morgan fingerprint density at radius 1 is 1.35 bits per heavy atom. The highest BCUT2D eigenvalue weighted by Crippen LogP contribution is 2.28. The molecule has 0 fully saturated rings. The number of phenols is 1. The maximum absolute atomic E-state index is 11.9. The number of ketones is 1. The molecule has 1 aromatic rings. The number of hydrogen-bond donors (Lipinski definition) is 1. The third kappa shape index (κ3) is 3.74. The predicted molar refractivity (Wildman–Crippen MR) is 71.1 cm³/mol. The van der Waals surface area contributed by atoms with Crippen molar-refractivity contribution in [3.05, 3.63) is 29.3 Å². The maximum Gasteiger partial charge on any atom is 0.166 e. The summed E-state index contributed by atoms with van der Waals surface area (Å²) in [6.07, 6.45) is 1.02. The van der Waals surface area contributed by atoms with Crippen LogP contribution in [0.2, 0.25) is 0 Å². The van der Waals surface area contributed by atoms with Crippen LogP contribution in [0, 0.1) is 0 Å². The molecule has 0 bridgehead atoms. The fourth-order valence-corrected chi connectivity index (χ4v) is 1.72. The molecule has 2 nitrogen and oxygen atoms in total. The molecular weight excluding hydrogens is 236 g/mol. The lowest BCUT2D eigenvalue weighted by molar-refractivity contribution is 0.0979. The van der Waals surface area contributed by atoms with Crippen molar-refractivity contribution in [3.8, 4) is 5.75 Å². The second-order valence-electron chi connectivity index (χ2n) is 5.20. The van der Waals surface area contributed by atoms with Gasteiger partial charge < -0.3 is 5.11 Å². The summed E-state index contributed by atoms with van der Waals surface area (Å²) in [5.41, 5.74) is 1.42. The van der Waals surface area contributed by atoms with Crippen LogP contribution in [0.5, 0.6) is 5.75 Å². The molecule has 1 rings (SSSR count). The van der Waals surface area contributed by atoms with Crippen LogP contribution in [-0.4, -0.2) is 16.8 Å². The van der Waals surface area contributed by atoms with Crippen LogP contribution in [0.1, 0.15) is 49.5 Å². The van der Waals surface area contributed by atoms with Gasteiger partial charge in [0.1, 0.15) is 5.75 Å². The van der Waals surface area contributed by atoms with Gasteiger partial charge in [-0.3, -0.25) is 4.79 Å². The monoisotopic (exact) mass is 254 g/mol. The number of phenolic OH excluding ortho intramolecular Hbond substituents is 1. The largest absolute Gasteiger partial charge is 0.507 e. The van der Waals surface area contributed by atoms with E-state index in [4.69, 9.17) is 11.6 Å². The molecule has 0 aliphatic heterocycles. The zero-order valence-corrected chi connectivity index (χ0v) is 11.3. The summed E-state index contributed by atoms with van der Waals surface area (Å²) in [4.78, 5) is 11.9. The third-order valence-electron chi connectivity index (χ3n) is 2.70. The number of carbonyl (C=O) groups is 1. The molecule has 0 radical (unpaired) electrons. The van der Waals surface area contributed by atoms with E-state index >= 15 is 0 Å². The molecule has 0 heterocycles. The number of rotatable bonds is 4. The summed E-state index contributed by atoms with van der Waals surface area (Å²) in [6, 6.07) is 5.23. The van der Waals surface area contributed by atoms with E-state index in [1.807, 2.05) is 6.07 Å². The minimum atomic E-state index is -0.0470. The van der Waals surface area contributed by atoms with E-state index in [0.717, 1.165) is 5.56 Å². The highest BCUT2D eigenvalue weighted by Gasteiger charge is 2.18.